The smallest absolute Gasteiger partial charge is 0.336 e. The van der Waals surface area contributed by atoms with Crippen LogP contribution in [0.15, 0.2) is 78.5 Å². The van der Waals surface area contributed by atoms with Crippen molar-refractivity contribution in [3.8, 4) is 12.3 Å². The largest absolute Gasteiger partial charge is 0.467 e. The van der Waals surface area contributed by atoms with Crippen LogP contribution in [0, 0.1) is 12.3 Å². The molecule has 0 heterocycles. The number of ether oxygens (including phenoxy) is 1. The van der Waals surface area contributed by atoms with E-state index in [1.807, 2.05) is 36.4 Å². The van der Waals surface area contributed by atoms with E-state index >= 15 is 0 Å². The van der Waals surface area contributed by atoms with E-state index < -0.39 is 11.5 Å². The molecule has 0 saturated heterocycles. The summed E-state index contributed by atoms with van der Waals surface area (Å²) in [5.41, 5.74) is 2.83. The van der Waals surface area contributed by atoms with Gasteiger partial charge in [0.15, 0.2) is 5.54 Å². The molecule has 1 atom stereocenters. The number of hydrogen-bond donors (Lipinski definition) is 0. The highest BCUT2D eigenvalue weighted by atomic mass is 16.5. The van der Waals surface area contributed by atoms with Crippen molar-refractivity contribution in [1.29, 1.82) is 0 Å². The van der Waals surface area contributed by atoms with Crippen LogP contribution in [0.4, 0.5) is 0 Å². The Bertz CT molecular complexity index is 902. The summed E-state index contributed by atoms with van der Waals surface area (Å²) in [4.78, 5) is 27.7. The fourth-order valence-electron chi connectivity index (χ4n) is 2.99. The third-order valence-corrected chi connectivity index (χ3v) is 4.34. The van der Waals surface area contributed by atoms with Crippen LogP contribution in [0.2, 0.25) is 0 Å². The topological polar surface area (TPSA) is 46.6 Å². The fourth-order valence-corrected chi connectivity index (χ4v) is 2.99. The van der Waals surface area contributed by atoms with Crippen LogP contribution in [0.25, 0.3) is 0 Å². The second-order valence-corrected chi connectivity index (χ2v) is 6.14. The highest BCUT2D eigenvalue weighted by Gasteiger charge is 2.46. The Hall–Kier alpha value is -3.54. The lowest BCUT2D eigenvalue weighted by Crippen LogP contribution is -2.58. The monoisotopic (exact) mass is 373 g/mol. The number of nitrogens with zero attached hydrogens (tertiary/aromatic N) is 1. The molecule has 1 amide bonds. The average molecular weight is 373 g/mol. The molecule has 0 aliphatic heterocycles. The summed E-state index contributed by atoms with van der Waals surface area (Å²) < 4.78 is 5.11. The first-order valence-corrected chi connectivity index (χ1v) is 8.90. The third-order valence-electron chi connectivity index (χ3n) is 4.34. The summed E-state index contributed by atoms with van der Waals surface area (Å²) in [7, 11) is 1.30. The van der Waals surface area contributed by atoms with Gasteiger partial charge >= 0.3 is 5.97 Å². The standard InChI is InChI=1S/C24H23NO3/c1-4-6-17-24(23(27)28-3,19-20-13-9-7-10-14-20)25(18-5-2)22(26)21-15-11-8-12-16-21/h2,4,7-17H,18-19H2,1,3H3. The number of hydrogen-bond acceptors (Lipinski definition) is 3. The molecule has 0 aromatic heterocycles. The van der Waals surface area contributed by atoms with Crippen LogP contribution in [-0.4, -0.2) is 36.0 Å². The molecule has 0 aliphatic carbocycles. The molecule has 0 fully saturated rings. The van der Waals surface area contributed by atoms with Gasteiger partial charge in [0.2, 0.25) is 0 Å². The molecule has 0 radical (unpaired) electrons. The van der Waals surface area contributed by atoms with E-state index in [9.17, 15) is 9.59 Å². The highest BCUT2D eigenvalue weighted by Crippen LogP contribution is 2.27. The van der Waals surface area contributed by atoms with Crippen molar-refractivity contribution in [2.45, 2.75) is 18.9 Å². The molecule has 28 heavy (non-hydrogen) atoms. The molecule has 0 saturated carbocycles. The maximum absolute atomic E-state index is 13.3. The minimum Gasteiger partial charge on any atom is -0.467 e. The first kappa shape index (κ1) is 20.8. The number of carbonyl (C=O) groups is 2. The van der Waals surface area contributed by atoms with E-state index in [4.69, 9.17) is 11.2 Å². The molecule has 0 aliphatic rings. The molecular weight excluding hydrogens is 350 g/mol. The Morgan fingerprint density at radius 1 is 1.11 bits per heavy atom. The van der Waals surface area contributed by atoms with Gasteiger partial charge in [0.25, 0.3) is 5.91 Å². The van der Waals surface area contributed by atoms with Crippen LogP contribution >= 0.6 is 0 Å². The Morgan fingerprint density at radius 3 is 2.25 bits per heavy atom. The van der Waals surface area contributed by atoms with E-state index in [2.05, 4.69) is 11.7 Å². The molecule has 2 aromatic carbocycles. The van der Waals surface area contributed by atoms with E-state index in [0.717, 1.165) is 5.56 Å². The van der Waals surface area contributed by atoms with Crippen molar-refractivity contribution in [1.82, 2.24) is 4.90 Å². The van der Waals surface area contributed by atoms with Crippen LogP contribution in [0.5, 0.6) is 0 Å². The van der Waals surface area contributed by atoms with E-state index in [0.29, 0.717) is 5.56 Å². The number of methoxy groups -OCH3 is 1. The van der Waals surface area contributed by atoms with Crippen LogP contribution in [-0.2, 0) is 16.0 Å². The Morgan fingerprint density at radius 2 is 1.71 bits per heavy atom. The lowest BCUT2D eigenvalue weighted by molar-refractivity contribution is -0.150. The molecule has 142 valence electrons. The van der Waals surface area contributed by atoms with Gasteiger partial charge in [0, 0.05) is 12.0 Å². The van der Waals surface area contributed by atoms with Gasteiger partial charge in [0.05, 0.1) is 13.7 Å². The maximum Gasteiger partial charge on any atom is 0.336 e. The van der Waals surface area contributed by atoms with Crippen molar-refractivity contribution in [2.75, 3.05) is 13.7 Å². The lowest BCUT2D eigenvalue weighted by atomic mass is 9.87. The van der Waals surface area contributed by atoms with Crippen molar-refractivity contribution in [3.63, 3.8) is 0 Å². The van der Waals surface area contributed by atoms with E-state index in [1.54, 1.807) is 43.3 Å². The molecule has 2 rings (SSSR count). The normalized spacial score (nSPS) is 11.9. The fraction of sp³-hybridized carbons (Fsp3) is 0.208. The molecule has 0 N–H and O–H groups in total. The van der Waals surface area contributed by atoms with Gasteiger partial charge in [-0.05, 0) is 36.8 Å². The summed E-state index contributed by atoms with van der Waals surface area (Å²) >= 11 is 0. The van der Waals surface area contributed by atoms with Crippen molar-refractivity contribution < 1.29 is 14.3 Å². The minimum atomic E-state index is -1.43. The van der Waals surface area contributed by atoms with Gasteiger partial charge in [-0.3, -0.25) is 4.79 Å². The van der Waals surface area contributed by atoms with E-state index in [1.165, 1.54) is 12.0 Å². The molecule has 2 aromatic rings. The molecule has 4 nitrogen and oxygen atoms in total. The summed E-state index contributed by atoms with van der Waals surface area (Å²) in [5, 5.41) is 0. The average Bonchev–Trinajstić information content (AvgIpc) is 2.75. The SMILES string of the molecule is C#CCN(C(=O)c1ccccc1)C(C=C=CC)(Cc1ccccc1)C(=O)OC. The van der Waals surface area contributed by atoms with Crippen LogP contribution in [0.3, 0.4) is 0 Å². The lowest BCUT2D eigenvalue weighted by Gasteiger charge is -2.38. The van der Waals surface area contributed by atoms with Crippen LogP contribution in [0.1, 0.15) is 22.8 Å². The molecule has 0 spiro atoms. The molecule has 4 heteroatoms. The summed E-state index contributed by atoms with van der Waals surface area (Å²) in [6, 6.07) is 18.2. The minimum absolute atomic E-state index is 0.0580. The first-order valence-electron chi connectivity index (χ1n) is 8.90. The molecule has 1 unspecified atom stereocenters. The Balaban J connectivity index is 2.67. The number of benzene rings is 2. The number of carbonyl (C=O) groups excluding carboxylic acids is 2. The van der Waals surface area contributed by atoms with Gasteiger partial charge in [-0.2, -0.15) is 0 Å². The first-order chi connectivity index (χ1) is 13.6. The van der Waals surface area contributed by atoms with Crippen molar-refractivity contribution >= 4 is 11.9 Å². The summed E-state index contributed by atoms with van der Waals surface area (Å²) in [5.74, 6) is 1.57. The zero-order valence-electron chi connectivity index (χ0n) is 16.1. The summed E-state index contributed by atoms with van der Waals surface area (Å²) in [6.07, 6.45) is 9.01. The zero-order valence-corrected chi connectivity index (χ0v) is 16.1. The highest BCUT2D eigenvalue weighted by molar-refractivity contribution is 5.99. The number of terminal acetylenes is 1. The van der Waals surface area contributed by atoms with Gasteiger partial charge in [-0.25, -0.2) is 4.79 Å². The maximum atomic E-state index is 13.3. The second-order valence-electron chi connectivity index (χ2n) is 6.14. The molecular formula is C24H23NO3. The third kappa shape index (κ3) is 4.59. The predicted molar refractivity (Wildman–Crippen MR) is 110 cm³/mol. The van der Waals surface area contributed by atoms with Crippen molar-refractivity contribution in [2.24, 2.45) is 0 Å². The van der Waals surface area contributed by atoms with Gasteiger partial charge < -0.3 is 9.64 Å². The van der Waals surface area contributed by atoms with Gasteiger partial charge in [-0.15, -0.1) is 12.2 Å². The Kier molecular flexibility index (Phi) is 7.39. The summed E-state index contributed by atoms with van der Waals surface area (Å²) in [6.45, 7) is 1.73. The predicted octanol–water partition coefficient (Wildman–Crippen LogP) is 3.65. The second kappa shape index (κ2) is 9.97. The zero-order chi connectivity index (χ0) is 20.4. The van der Waals surface area contributed by atoms with Crippen molar-refractivity contribution in [3.05, 3.63) is 89.7 Å². The van der Waals surface area contributed by atoms with E-state index in [-0.39, 0.29) is 18.9 Å². The number of rotatable bonds is 7. The van der Waals surface area contributed by atoms with Gasteiger partial charge in [-0.1, -0.05) is 54.5 Å². The number of esters is 1. The number of amides is 1. The quantitative estimate of drug-likeness (QED) is 0.423. The Labute approximate surface area is 166 Å². The molecule has 0 bridgehead atoms. The van der Waals surface area contributed by atoms with Crippen LogP contribution < -0.4 is 0 Å². The van der Waals surface area contributed by atoms with Gasteiger partial charge in [0.1, 0.15) is 0 Å².